The maximum atomic E-state index is 12.9. The van der Waals surface area contributed by atoms with Crippen LogP contribution >= 0.6 is 15.9 Å². The fraction of sp³-hybridized carbons (Fsp3) is 0.200. The Morgan fingerprint density at radius 2 is 1.72 bits per heavy atom. The molecule has 130 valence electrons. The molecule has 0 aliphatic carbocycles. The maximum absolute atomic E-state index is 12.9. The number of hydrogen-bond donors (Lipinski definition) is 1. The van der Waals surface area contributed by atoms with Crippen molar-refractivity contribution < 1.29 is 14.3 Å². The second-order valence-corrected chi connectivity index (χ2v) is 5.81. The highest BCUT2D eigenvalue weighted by atomic mass is 79.9. The number of benzene rings is 2. The van der Waals surface area contributed by atoms with E-state index in [1.807, 2.05) is 38.1 Å². The SMILES string of the molecule is CC.CCOC(=O)c1[nH]c2c(Br)cccc2c1C(=O)c1ccccc1. The van der Waals surface area contributed by atoms with Crippen LogP contribution in [0.25, 0.3) is 10.9 Å². The van der Waals surface area contributed by atoms with Gasteiger partial charge >= 0.3 is 5.97 Å². The van der Waals surface area contributed by atoms with Gasteiger partial charge in [-0.1, -0.05) is 56.3 Å². The molecule has 0 radical (unpaired) electrons. The van der Waals surface area contributed by atoms with Gasteiger partial charge in [0.15, 0.2) is 5.78 Å². The number of aromatic amines is 1. The Labute approximate surface area is 155 Å². The summed E-state index contributed by atoms with van der Waals surface area (Å²) in [4.78, 5) is 28.2. The van der Waals surface area contributed by atoms with E-state index in [0.29, 0.717) is 22.0 Å². The van der Waals surface area contributed by atoms with E-state index in [1.54, 1.807) is 31.2 Å². The number of ether oxygens (including phenoxy) is 1. The van der Waals surface area contributed by atoms with Crippen molar-refractivity contribution in [1.29, 1.82) is 0 Å². The molecule has 0 amide bonds. The number of fused-ring (bicyclic) bond motifs is 1. The normalized spacial score (nSPS) is 10.1. The lowest BCUT2D eigenvalue weighted by molar-refractivity contribution is 0.0518. The summed E-state index contributed by atoms with van der Waals surface area (Å²) in [5.74, 6) is -0.743. The fourth-order valence-corrected chi connectivity index (χ4v) is 2.97. The Kier molecular flexibility index (Phi) is 6.53. The third-order valence-corrected chi connectivity index (χ3v) is 4.19. The maximum Gasteiger partial charge on any atom is 0.355 e. The van der Waals surface area contributed by atoms with Gasteiger partial charge in [0.1, 0.15) is 5.69 Å². The summed E-state index contributed by atoms with van der Waals surface area (Å²) in [5, 5.41) is 0.691. The van der Waals surface area contributed by atoms with Crippen LogP contribution < -0.4 is 0 Å². The molecule has 1 heterocycles. The zero-order valence-corrected chi connectivity index (χ0v) is 16.0. The number of carbonyl (C=O) groups is 2. The average Bonchev–Trinajstić information content (AvgIpc) is 3.05. The second-order valence-electron chi connectivity index (χ2n) is 4.95. The minimum absolute atomic E-state index is 0.183. The number of ketones is 1. The molecule has 2 aromatic carbocycles. The van der Waals surface area contributed by atoms with E-state index in [9.17, 15) is 9.59 Å². The smallest absolute Gasteiger partial charge is 0.355 e. The topological polar surface area (TPSA) is 59.2 Å². The molecule has 0 fully saturated rings. The largest absolute Gasteiger partial charge is 0.461 e. The number of para-hydroxylation sites is 1. The summed E-state index contributed by atoms with van der Waals surface area (Å²) in [6.07, 6.45) is 0. The Bertz CT molecular complexity index is 885. The molecule has 0 saturated carbocycles. The average molecular weight is 402 g/mol. The quantitative estimate of drug-likeness (QED) is 0.472. The van der Waals surface area contributed by atoms with Crippen LogP contribution in [0.2, 0.25) is 0 Å². The van der Waals surface area contributed by atoms with Crippen molar-refractivity contribution in [3.8, 4) is 0 Å². The molecular weight excluding hydrogens is 382 g/mol. The van der Waals surface area contributed by atoms with Crippen LogP contribution in [0.1, 0.15) is 47.2 Å². The first-order valence-electron chi connectivity index (χ1n) is 8.20. The van der Waals surface area contributed by atoms with Gasteiger partial charge in [-0.2, -0.15) is 0 Å². The molecule has 1 N–H and O–H groups in total. The van der Waals surface area contributed by atoms with Crippen molar-refractivity contribution >= 4 is 38.6 Å². The van der Waals surface area contributed by atoms with Crippen molar-refractivity contribution in [2.45, 2.75) is 20.8 Å². The predicted molar refractivity (Wildman–Crippen MR) is 103 cm³/mol. The zero-order valence-electron chi connectivity index (χ0n) is 14.4. The lowest BCUT2D eigenvalue weighted by Gasteiger charge is -2.04. The van der Waals surface area contributed by atoms with Gasteiger partial charge in [-0.3, -0.25) is 4.79 Å². The summed E-state index contributed by atoms with van der Waals surface area (Å²) in [7, 11) is 0. The number of nitrogens with one attached hydrogen (secondary N) is 1. The molecule has 4 nitrogen and oxygen atoms in total. The highest BCUT2D eigenvalue weighted by molar-refractivity contribution is 9.10. The van der Waals surface area contributed by atoms with E-state index in [-0.39, 0.29) is 18.1 Å². The Morgan fingerprint density at radius 1 is 1.04 bits per heavy atom. The summed E-state index contributed by atoms with van der Waals surface area (Å²) >= 11 is 3.44. The molecule has 0 aliphatic rings. The number of H-pyrrole nitrogens is 1. The van der Waals surface area contributed by atoms with Gasteiger partial charge in [0, 0.05) is 15.4 Å². The van der Waals surface area contributed by atoms with Crippen molar-refractivity contribution in [3.05, 3.63) is 69.8 Å². The zero-order chi connectivity index (χ0) is 18.4. The molecule has 0 spiro atoms. The van der Waals surface area contributed by atoms with Crippen LogP contribution in [0.4, 0.5) is 0 Å². The van der Waals surface area contributed by atoms with E-state index in [1.165, 1.54) is 0 Å². The van der Waals surface area contributed by atoms with Gasteiger partial charge in [0.05, 0.1) is 17.7 Å². The van der Waals surface area contributed by atoms with Gasteiger partial charge in [-0.05, 0) is 28.9 Å². The molecule has 0 bridgehead atoms. The number of carbonyl (C=O) groups excluding carboxylic acids is 2. The minimum atomic E-state index is -0.533. The number of hydrogen-bond acceptors (Lipinski definition) is 3. The lowest BCUT2D eigenvalue weighted by Crippen LogP contribution is -2.12. The van der Waals surface area contributed by atoms with E-state index in [2.05, 4.69) is 20.9 Å². The van der Waals surface area contributed by atoms with Gasteiger partial charge in [-0.25, -0.2) is 4.79 Å². The Hall–Kier alpha value is -2.40. The van der Waals surface area contributed by atoms with E-state index >= 15 is 0 Å². The van der Waals surface area contributed by atoms with Crippen LogP contribution in [-0.2, 0) is 4.74 Å². The van der Waals surface area contributed by atoms with Crippen LogP contribution in [0.5, 0.6) is 0 Å². The van der Waals surface area contributed by atoms with Crippen LogP contribution in [-0.4, -0.2) is 23.3 Å². The molecular formula is C20H20BrNO3. The third kappa shape index (κ3) is 3.82. The fourth-order valence-electron chi connectivity index (χ4n) is 2.51. The molecule has 3 rings (SSSR count). The van der Waals surface area contributed by atoms with Gasteiger partial charge < -0.3 is 9.72 Å². The predicted octanol–water partition coefficient (Wildman–Crippen LogP) is 5.36. The summed E-state index contributed by atoms with van der Waals surface area (Å²) < 4.78 is 5.87. The molecule has 0 unspecified atom stereocenters. The molecule has 1 aromatic heterocycles. The van der Waals surface area contributed by atoms with Crippen molar-refractivity contribution in [2.24, 2.45) is 0 Å². The molecule has 0 atom stereocenters. The van der Waals surface area contributed by atoms with Crippen LogP contribution in [0.3, 0.4) is 0 Å². The first kappa shape index (κ1) is 18.9. The number of rotatable bonds is 4. The van der Waals surface area contributed by atoms with E-state index in [0.717, 1.165) is 4.47 Å². The summed E-state index contributed by atoms with van der Waals surface area (Å²) in [5.41, 5.74) is 1.75. The minimum Gasteiger partial charge on any atom is -0.461 e. The monoisotopic (exact) mass is 401 g/mol. The van der Waals surface area contributed by atoms with Crippen LogP contribution in [0, 0.1) is 0 Å². The van der Waals surface area contributed by atoms with Gasteiger partial charge in [0.2, 0.25) is 0 Å². The highest BCUT2D eigenvalue weighted by Crippen LogP contribution is 2.30. The third-order valence-electron chi connectivity index (χ3n) is 3.53. The first-order valence-corrected chi connectivity index (χ1v) is 8.99. The molecule has 0 aliphatic heterocycles. The molecule has 25 heavy (non-hydrogen) atoms. The van der Waals surface area contributed by atoms with Crippen molar-refractivity contribution in [1.82, 2.24) is 4.98 Å². The van der Waals surface area contributed by atoms with E-state index < -0.39 is 5.97 Å². The number of aromatic nitrogens is 1. The summed E-state index contributed by atoms with van der Waals surface area (Å²) in [6, 6.07) is 14.4. The first-order chi connectivity index (χ1) is 12.1. The Morgan fingerprint density at radius 3 is 2.36 bits per heavy atom. The Balaban J connectivity index is 0.00000109. The molecule has 3 aromatic rings. The number of halogens is 1. The van der Waals surface area contributed by atoms with Crippen molar-refractivity contribution in [3.63, 3.8) is 0 Å². The van der Waals surface area contributed by atoms with E-state index in [4.69, 9.17) is 4.74 Å². The number of esters is 1. The van der Waals surface area contributed by atoms with Gasteiger partial charge in [-0.15, -0.1) is 0 Å². The molecule has 0 saturated heterocycles. The standard InChI is InChI=1S/C18H14BrNO3.C2H6/c1-2-23-18(22)16-14(17(21)11-7-4-3-5-8-11)12-9-6-10-13(19)15(12)20-16;1-2/h3-10,20H,2H2,1H3;1-2H3. The van der Waals surface area contributed by atoms with Crippen LogP contribution in [0.15, 0.2) is 53.0 Å². The van der Waals surface area contributed by atoms with Gasteiger partial charge in [0.25, 0.3) is 0 Å². The highest BCUT2D eigenvalue weighted by Gasteiger charge is 2.25. The molecule has 5 heteroatoms. The lowest BCUT2D eigenvalue weighted by atomic mass is 10.00. The second kappa shape index (κ2) is 8.62. The summed E-state index contributed by atoms with van der Waals surface area (Å²) in [6.45, 7) is 5.98. The van der Waals surface area contributed by atoms with Crippen molar-refractivity contribution in [2.75, 3.05) is 6.61 Å².